The van der Waals surface area contributed by atoms with Crippen molar-refractivity contribution in [1.29, 1.82) is 0 Å². The molecule has 1 heteroatoms. The van der Waals surface area contributed by atoms with E-state index in [0.29, 0.717) is 0 Å². The lowest BCUT2D eigenvalue weighted by Crippen LogP contribution is -2.14. The predicted octanol–water partition coefficient (Wildman–Crippen LogP) is 11.8. The molecule has 0 atom stereocenters. The fraction of sp³-hybridized carbons (Fsp3) is 0.0952. The van der Waals surface area contributed by atoms with E-state index in [0.717, 1.165) is 16.6 Å². The summed E-state index contributed by atoms with van der Waals surface area (Å²) in [6.45, 7) is 6.89. The largest absolute Gasteiger partial charge is 0.456 e. The highest BCUT2D eigenvalue weighted by Crippen LogP contribution is 2.52. The predicted molar refractivity (Wildman–Crippen MR) is 182 cm³/mol. The van der Waals surface area contributed by atoms with Gasteiger partial charge in [0.25, 0.3) is 0 Å². The van der Waals surface area contributed by atoms with E-state index in [2.05, 4.69) is 142 Å². The molecular weight excluding hydrogens is 520 g/mol. The summed E-state index contributed by atoms with van der Waals surface area (Å²) in [5.74, 6) is 0. The van der Waals surface area contributed by atoms with Crippen LogP contribution in [0.4, 0.5) is 0 Å². The Morgan fingerprint density at radius 2 is 1.05 bits per heavy atom. The Kier molecular flexibility index (Phi) is 4.94. The zero-order valence-corrected chi connectivity index (χ0v) is 24.5. The number of rotatable bonds is 2. The quantitative estimate of drug-likeness (QED) is 0.195. The van der Waals surface area contributed by atoms with Crippen molar-refractivity contribution in [1.82, 2.24) is 0 Å². The number of fused-ring (bicyclic) bond motifs is 8. The van der Waals surface area contributed by atoms with E-state index in [1.165, 1.54) is 77.0 Å². The second kappa shape index (κ2) is 8.69. The van der Waals surface area contributed by atoms with Crippen LogP contribution in [0.2, 0.25) is 0 Å². The first-order chi connectivity index (χ1) is 21.0. The first-order valence-corrected chi connectivity index (χ1v) is 15.1. The van der Waals surface area contributed by atoms with Gasteiger partial charge in [-0.05, 0) is 96.7 Å². The molecule has 0 saturated heterocycles. The molecule has 43 heavy (non-hydrogen) atoms. The van der Waals surface area contributed by atoms with Gasteiger partial charge in [-0.1, -0.05) is 123 Å². The van der Waals surface area contributed by atoms with Gasteiger partial charge in [0.2, 0.25) is 0 Å². The SMILES string of the molecule is Cc1cc(-c2c3ccccc3c(-c3ccc4c(c3)C(C)(C)c3ccccc3-4)c3ccccc23)c2c(c1)oc1ccccc12. The lowest BCUT2D eigenvalue weighted by molar-refractivity contribution is 0.660. The smallest absolute Gasteiger partial charge is 0.136 e. The molecule has 0 amide bonds. The maximum atomic E-state index is 6.40. The van der Waals surface area contributed by atoms with Gasteiger partial charge < -0.3 is 4.42 Å². The van der Waals surface area contributed by atoms with Gasteiger partial charge in [0.15, 0.2) is 0 Å². The highest BCUT2D eigenvalue weighted by Gasteiger charge is 2.35. The number of furan rings is 1. The Morgan fingerprint density at radius 1 is 0.465 bits per heavy atom. The van der Waals surface area contributed by atoms with Crippen molar-refractivity contribution in [3.05, 3.63) is 144 Å². The van der Waals surface area contributed by atoms with Crippen LogP contribution in [0.25, 0.3) is 76.9 Å². The number of aryl methyl sites for hydroxylation is 1. The summed E-state index contributed by atoms with van der Waals surface area (Å²) >= 11 is 0. The van der Waals surface area contributed by atoms with E-state index in [4.69, 9.17) is 4.42 Å². The first kappa shape index (κ1) is 24.5. The van der Waals surface area contributed by atoms with E-state index in [9.17, 15) is 0 Å². The molecule has 0 unspecified atom stereocenters. The number of para-hydroxylation sites is 1. The lowest BCUT2D eigenvalue weighted by atomic mass is 9.80. The average molecular weight is 551 g/mol. The maximum Gasteiger partial charge on any atom is 0.136 e. The van der Waals surface area contributed by atoms with Crippen molar-refractivity contribution in [2.45, 2.75) is 26.2 Å². The van der Waals surface area contributed by atoms with Crippen LogP contribution < -0.4 is 0 Å². The molecule has 0 spiro atoms. The normalized spacial score (nSPS) is 13.7. The number of hydrogen-bond donors (Lipinski definition) is 0. The average Bonchev–Trinajstić information content (AvgIpc) is 3.51. The van der Waals surface area contributed by atoms with E-state index < -0.39 is 0 Å². The Hall–Kier alpha value is -5.14. The molecule has 204 valence electrons. The van der Waals surface area contributed by atoms with Crippen LogP contribution in [0.3, 0.4) is 0 Å². The highest BCUT2D eigenvalue weighted by atomic mass is 16.3. The van der Waals surface area contributed by atoms with Gasteiger partial charge in [0.1, 0.15) is 11.2 Å². The molecule has 0 fully saturated rings. The molecule has 8 aromatic rings. The minimum atomic E-state index is -0.0526. The summed E-state index contributed by atoms with van der Waals surface area (Å²) in [6.07, 6.45) is 0. The molecule has 1 nitrogen and oxygen atoms in total. The second-order valence-corrected chi connectivity index (χ2v) is 12.6. The van der Waals surface area contributed by atoms with E-state index in [1.54, 1.807) is 0 Å². The van der Waals surface area contributed by atoms with E-state index in [-0.39, 0.29) is 5.41 Å². The van der Waals surface area contributed by atoms with Crippen LogP contribution in [0.5, 0.6) is 0 Å². The topological polar surface area (TPSA) is 13.1 Å². The molecule has 9 rings (SSSR count). The Bertz CT molecular complexity index is 2380. The molecule has 1 aliphatic rings. The van der Waals surface area contributed by atoms with Gasteiger partial charge in [0, 0.05) is 16.2 Å². The zero-order valence-electron chi connectivity index (χ0n) is 24.5. The number of hydrogen-bond acceptors (Lipinski definition) is 1. The fourth-order valence-corrected chi connectivity index (χ4v) is 7.78. The molecule has 0 radical (unpaired) electrons. The summed E-state index contributed by atoms with van der Waals surface area (Å²) in [5.41, 5.74) is 13.6. The van der Waals surface area contributed by atoms with Crippen LogP contribution >= 0.6 is 0 Å². The third-order valence-electron chi connectivity index (χ3n) is 9.70. The molecule has 1 aromatic heterocycles. The van der Waals surface area contributed by atoms with Gasteiger partial charge in [0.05, 0.1) is 0 Å². The third-order valence-corrected chi connectivity index (χ3v) is 9.70. The molecule has 0 N–H and O–H groups in total. The minimum absolute atomic E-state index is 0.0526. The van der Waals surface area contributed by atoms with Crippen molar-refractivity contribution in [2.24, 2.45) is 0 Å². The Balaban J connectivity index is 1.40. The fourth-order valence-electron chi connectivity index (χ4n) is 7.78. The van der Waals surface area contributed by atoms with Crippen LogP contribution in [-0.2, 0) is 5.41 Å². The van der Waals surface area contributed by atoms with Crippen LogP contribution in [0.15, 0.2) is 132 Å². The molecule has 0 bridgehead atoms. The zero-order chi connectivity index (χ0) is 28.9. The lowest BCUT2D eigenvalue weighted by Gasteiger charge is -2.23. The van der Waals surface area contributed by atoms with Crippen molar-refractivity contribution < 1.29 is 4.42 Å². The second-order valence-electron chi connectivity index (χ2n) is 12.6. The van der Waals surface area contributed by atoms with Gasteiger partial charge in [-0.15, -0.1) is 0 Å². The van der Waals surface area contributed by atoms with Gasteiger partial charge in [-0.25, -0.2) is 0 Å². The summed E-state index contributed by atoms with van der Waals surface area (Å²) in [7, 11) is 0. The standard InChI is InChI=1S/C42H30O/c1-25-22-34(41-33-17-9-11-19-37(33)43-38(41)23-25)40-31-15-6-4-13-29(31)39(30-14-5-7-16-32(30)40)26-20-21-28-27-12-8-10-18-35(27)42(2,3)36(28)24-26/h4-24H,1-3H3. The summed E-state index contributed by atoms with van der Waals surface area (Å²) < 4.78 is 6.40. The van der Waals surface area contributed by atoms with E-state index >= 15 is 0 Å². The summed E-state index contributed by atoms with van der Waals surface area (Å²) in [5, 5.41) is 7.40. The van der Waals surface area contributed by atoms with Crippen molar-refractivity contribution >= 4 is 43.5 Å². The highest BCUT2D eigenvalue weighted by molar-refractivity contribution is 6.25. The van der Waals surface area contributed by atoms with Gasteiger partial charge in [-0.3, -0.25) is 0 Å². The molecule has 1 heterocycles. The molecule has 1 aliphatic carbocycles. The van der Waals surface area contributed by atoms with Crippen molar-refractivity contribution in [2.75, 3.05) is 0 Å². The number of benzene rings is 7. The van der Waals surface area contributed by atoms with Crippen molar-refractivity contribution in [3.8, 4) is 33.4 Å². The third kappa shape index (κ3) is 3.34. The van der Waals surface area contributed by atoms with Crippen LogP contribution in [-0.4, -0.2) is 0 Å². The molecular formula is C42H30O. The van der Waals surface area contributed by atoms with E-state index in [1.807, 2.05) is 6.07 Å². The van der Waals surface area contributed by atoms with Gasteiger partial charge in [-0.2, -0.15) is 0 Å². The maximum absolute atomic E-state index is 6.40. The molecule has 7 aromatic carbocycles. The van der Waals surface area contributed by atoms with Crippen LogP contribution in [0.1, 0.15) is 30.5 Å². The Morgan fingerprint density at radius 3 is 1.77 bits per heavy atom. The summed E-state index contributed by atoms with van der Waals surface area (Å²) in [4.78, 5) is 0. The van der Waals surface area contributed by atoms with Crippen molar-refractivity contribution in [3.63, 3.8) is 0 Å². The monoisotopic (exact) mass is 550 g/mol. The van der Waals surface area contributed by atoms with Gasteiger partial charge >= 0.3 is 0 Å². The molecule has 0 saturated carbocycles. The summed E-state index contributed by atoms with van der Waals surface area (Å²) in [6, 6.07) is 46.8. The van der Waals surface area contributed by atoms with Crippen LogP contribution in [0, 0.1) is 6.92 Å². The Labute approximate surface area is 251 Å². The molecule has 0 aliphatic heterocycles. The minimum Gasteiger partial charge on any atom is -0.456 e. The first-order valence-electron chi connectivity index (χ1n) is 15.1.